The first-order valence-corrected chi connectivity index (χ1v) is 10.3. The predicted molar refractivity (Wildman–Crippen MR) is 120 cm³/mol. The van der Waals surface area contributed by atoms with Crippen molar-refractivity contribution in [3.05, 3.63) is 77.9 Å². The maximum Gasteiger partial charge on any atom is 0.223 e. The Kier molecular flexibility index (Phi) is 6.58. The number of amides is 1. The van der Waals surface area contributed by atoms with Crippen LogP contribution in [0.3, 0.4) is 0 Å². The normalized spacial score (nSPS) is 12.6. The van der Waals surface area contributed by atoms with Crippen molar-refractivity contribution >= 4 is 16.7 Å². The van der Waals surface area contributed by atoms with Crippen LogP contribution in [-0.4, -0.2) is 19.1 Å². The summed E-state index contributed by atoms with van der Waals surface area (Å²) in [6.07, 6.45) is 0.725. The fraction of sp³-hybridized carbons (Fsp3) is 0.346. The van der Waals surface area contributed by atoms with Gasteiger partial charge >= 0.3 is 0 Å². The quantitative estimate of drug-likeness (QED) is 0.541. The zero-order valence-corrected chi connectivity index (χ0v) is 17.9. The molecule has 0 saturated carbocycles. The molecule has 0 heterocycles. The molecule has 0 unspecified atom stereocenters. The van der Waals surface area contributed by atoms with Crippen molar-refractivity contribution in [2.24, 2.45) is 5.92 Å². The number of hydrogen-bond donors (Lipinski definition) is 1. The summed E-state index contributed by atoms with van der Waals surface area (Å²) >= 11 is 0. The number of rotatable bonds is 7. The van der Waals surface area contributed by atoms with E-state index in [0.717, 1.165) is 12.2 Å². The second-order valence-corrected chi connectivity index (χ2v) is 8.66. The van der Waals surface area contributed by atoms with Gasteiger partial charge in [0.2, 0.25) is 5.91 Å². The SMILES string of the molecule is C[C@@H](Cc1cccc2ccccc12)C(=O)NCCOc1ccc(C(C)(C)C)cc1. The van der Waals surface area contributed by atoms with Crippen molar-refractivity contribution in [3.63, 3.8) is 0 Å². The number of carbonyl (C=O) groups is 1. The van der Waals surface area contributed by atoms with Crippen LogP contribution in [0, 0.1) is 5.92 Å². The molecule has 0 aliphatic carbocycles. The highest BCUT2D eigenvalue weighted by molar-refractivity contribution is 5.86. The van der Waals surface area contributed by atoms with Crippen LogP contribution < -0.4 is 10.1 Å². The summed E-state index contributed by atoms with van der Waals surface area (Å²) in [7, 11) is 0. The van der Waals surface area contributed by atoms with E-state index in [2.05, 4.69) is 68.6 Å². The molecule has 152 valence electrons. The highest BCUT2D eigenvalue weighted by atomic mass is 16.5. The van der Waals surface area contributed by atoms with E-state index in [1.807, 2.05) is 31.2 Å². The van der Waals surface area contributed by atoms with Crippen molar-refractivity contribution in [3.8, 4) is 5.75 Å². The fourth-order valence-corrected chi connectivity index (χ4v) is 3.46. The molecule has 3 aromatic carbocycles. The lowest BCUT2D eigenvalue weighted by Gasteiger charge is -2.19. The lowest BCUT2D eigenvalue weighted by molar-refractivity contribution is -0.124. The molecule has 0 radical (unpaired) electrons. The Morgan fingerprint density at radius 1 is 0.966 bits per heavy atom. The monoisotopic (exact) mass is 389 g/mol. The molecule has 0 fully saturated rings. The first-order chi connectivity index (χ1) is 13.8. The van der Waals surface area contributed by atoms with Gasteiger partial charge in [-0.15, -0.1) is 0 Å². The second kappa shape index (κ2) is 9.13. The van der Waals surface area contributed by atoms with Crippen molar-refractivity contribution in [2.75, 3.05) is 13.2 Å². The van der Waals surface area contributed by atoms with Gasteiger partial charge in [0.15, 0.2) is 0 Å². The van der Waals surface area contributed by atoms with Gasteiger partial charge in [-0.25, -0.2) is 0 Å². The summed E-state index contributed by atoms with van der Waals surface area (Å²) in [6, 6.07) is 22.8. The minimum atomic E-state index is -0.0909. The first kappa shape index (κ1) is 20.9. The van der Waals surface area contributed by atoms with Crippen molar-refractivity contribution in [2.45, 2.75) is 39.5 Å². The first-order valence-electron chi connectivity index (χ1n) is 10.3. The van der Waals surface area contributed by atoms with Gasteiger partial charge in [-0.05, 0) is 45.9 Å². The number of fused-ring (bicyclic) bond motifs is 1. The van der Waals surface area contributed by atoms with Crippen LogP contribution in [-0.2, 0) is 16.6 Å². The molecule has 1 N–H and O–H groups in total. The van der Waals surface area contributed by atoms with Crippen LogP contribution >= 0.6 is 0 Å². The minimum absolute atomic E-state index is 0.0598. The van der Waals surface area contributed by atoms with Crippen LogP contribution in [0.4, 0.5) is 0 Å². The van der Waals surface area contributed by atoms with E-state index in [9.17, 15) is 4.79 Å². The van der Waals surface area contributed by atoms with Gasteiger partial charge in [0.05, 0.1) is 6.54 Å². The highest BCUT2D eigenvalue weighted by Gasteiger charge is 2.15. The summed E-state index contributed by atoms with van der Waals surface area (Å²) in [4.78, 5) is 12.5. The van der Waals surface area contributed by atoms with Crippen molar-refractivity contribution < 1.29 is 9.53 Å². The van der Waals surface area contributed by atoms with Crippen LogP contribution in [0.25, 0.3) is 10.8 Å². The van der Waals surface area contributed by atoms with Crippen molar-refractivity contribution in [1.82, 2.24) is 5.32 Å². The lowest BCUT2D eigenvalue weighted by atomic mass is 9.87. The van der Waals surface area contributed by atoms with Crippen LogP contribution in [0.1, 0.15) is 38.8 Å². The lowest BCUT2D eigenvalue weighted by Crippen LogP contribution is -2.33. The third kappa shape index (κ3) is 5.60. The molecule has 3 heteroatoms. The van der Waals surface area contributed by atoms with E-state index in [1.54, 1.807) is 0 Å². The van der Waals surface area contributed by atoms with Crippen molar-refractivity contribution in [1.29, 1.82) is 0 Å². The third-order valence-corrected chi connectivity index (χ3v) is 5.24. The Morgan fingerprint density at radius 3 is 2.38 bits per heavy atom. The van der Waals surface area contributed by atoms with E-state index in [4.69, 9.17) is 4.74 Å². The summed E-state index contributed by atoms with van der Waals surface area (Å²) < 4.78 is 5.77. The summed E-state index contributed by atoms with van der Waals surface area (Å²) in [5, 5.41) is 5.42. The topological polar surface area (TPSA) is 38.3 Å². The molecule has 0 aliphatic heterocycles. The molecule has 1 atom stereocenters. The average Bonchev–Trinajstić information content (AvgIpc) is 2.71. The van der Waals surface area contributed by atoms with Gasteiger partial charge in [0.25, 0.3) is 0 Å². The highest BCUT2D eigenvalue weighted by Crippen LogP contribution is 2.24. The maximum absolute atomic E-state index is 12.5. The van der Waals surface area contributed by atoms with E-state index in [0.29, 0.717) is 13.2 Å². The van der Waals surface area contributed by atoms with Gasteiger partial charge in [-0.3, -0.25) is 4.79 Å². The third-order valence-electron chi connectivity index (χ3n) is 5.24. The molecule has 3 rings (SSSR count). The largest absolute Gasteiger partial charge is 0.492 e. The minimum Gasteiger partial charge on any atom is -0.492 e. The number of nitrogens with one attached hydrogen (secondary N) is 1. The zero-order valence-electron chi connectivity index (χ0n) is 17.9. The Balaban J connectivity index is 1.47. The van der Waals surface area contributed by atoms with E-state index in [-0.39, 0.29) is 17.2 Å². The number of carbonyl (C=O) groups excluding carboxylic acids is 1. The maximum atomic E-state index is 12.5. The fourth-order valence-electron chi connectivity index (χ4n) is 3.46. The molecular weight excluding hydrogens is 358 g/mol. The molecule has 0 bridgehead atoms. The summed E-state index contributed by atoms with van der Waals surface area (Å²) in [5.41, 5.74) is 2.62. The summed E-state index contributed by atoms with van der Waals surface area (Å²) in [5.74, 6) is 0.799. The number of ether oxygens (including phenoxy) is 1. The number of hydrogen-bond acceptors (Lipinski definition) is 2. The summed E-state index contributed by atoms with van der Waals surface area (Å²) in [6.45, 7) is 9.51. The van der Waals surface area contributed by atoms with E-state index in [1.165, 1.54) is 21.9 Å². The number of benzene rings is 3. The van der Waals surface area contributed by atoms with Gasteiger partial charge in [-0.2, -0.15) is 0 Å². The van der Waals surface area contributed by atoms with Gasteiger partial charge in [-0.1, -0.05) is 82.3 Å². The molecule has 0 aromatic heterocycles. The standard InChI is InChI=1S/C26H31NO2/c1-19(18-21-10-7-9-20-8-5-6-11-24(20)21)25(28)27-16-17-29-23-14-12-22(13-15-23)26(2,3)4/h5-15,19H,16-18H2,1-4H3,(H,27,28)/t19-/m0/s1. The van der Waals surface area contributed by atoms with Crippen LogP contribution in [0.15, 0.2) is 66.7 Å². The molecule has 0 aliphatic rings. The van der Waals surface area contributed by atoms with Gasteiger partial charge < -0.3 is 10.1 Å². The molecule has 0 spiro atoms. The molecular formula is C26H31NO2. The zero-order chi connectivity index (χ0) is 20.9. The molecule has 3 aromatic rings. The van der Waals surface area contributed by atoms with Crippen LogP contribution in [0.5, 0.6) is 5.75 Å². The molecule has 29 heavy (non-hydrogen) atoms. The Labute approximate surface area is 174 Å². The Hall–Kier alpha value is -2.81. The van der Waals surface area contributed by atoms with E-state index >= 15 is 0 Å². The van der Waals surface area contributed by atoms with E-state index < -0.39 is 0 Å². The smallest absolute Gasteiger partial charge is 0.223 e. The predicted octanol–water partition coefficient (Wildman–Crippen LogP) is 5.51. The van der Waals surface area contributed by atoms with Gasteiger partial charge in [0, 0.05) is 5.92 Å². The Bertz CT molecular complexity index is 949. The van der Waals surface area contributed by atoms with Gasteiger partial charge in [0.1, 0.15) is 12.4 Å². The molecule has 3 nitrogen and oxygen atoms in total. The van der Waals surface area contributed by atoms with Crippen LogP contribution in [0.2, 0.25) is 0 Å². The molecule has 1 amide bonds. The Morgan fingerprint density at radius 2 is 1.66 bits per heavy atom. The molecule has 0 saturated heterocycles. The average molecular weight is 390 g/mol. The second-order valence-electron chi connectivity index (χ2n) is 8.66.